The lowest BCUT2D eigenvalue weighted by molar-refractivity contribution is -0.137. The highest BCUT2D eigenvalue weighted by Crippen LogP contribution is 2.35. The Morgan fingerprint density at radius 1 is 1.09 bits per heavy atom. The SMILES string of the molecule is C[C@@H](Nc1ccc(F)cc1C(=O)O)c1cc(C(F)(F)F)cc2c(=O)n(C)c(-c3ccccc3)nc12. The zero-order chi connectivity index (χ0) is 25.5. The molecule has 0 saturated heterocycles. The number of fused-ring (bicyclic) bond motifs is 1. The van der Waals surface area contributed by atoms with Crippen molar-refractivity contribution >= 4 is 22.6 Å². The fourth-order valence-electron chi connectivity index (χ4n) is 3.87. The van der Waals surface area contributed by atoms with Crippen LogP contribution < -0.4 is 10.9 Å². The zero-order valence-corrected chi connectivity index (χ0v) is 18.5. The molecule has 0 bridgehead atoms. The van der Waals surface area contributed by atoms with E-state index < -0.39 is 35.1 Å². The third kappa shape index (κ3) is 4.59. The molecule has 1 aromatic heterocycles. The van der Waals surface area contributed by atoms with E-state index in [0.29, 0.717) is 5.56 Å². The molecule has 35 heavy (non-hydrogen) atoms. The molecule has 0 aliphatic carbocycles. The van der Waals surface area contributed by atoms with Gasteiger partial charge >= 0.3 is 12.1 Å². The Morgan fingerprint density at radius 2 is 1.77 bits per heavy atom. The van der Waals surface area contributed by atoms with Gasteiger partial charge in [-0.15, -0.1) is 0 Å². The van der Waals surface area contributed by atoms with Crippen molar-refractivity contribution in [1.82, 2.24) is 9.55 Å². The zero-order valence-electron chi connectivity index (χ0n) is 18.5. The number of aromatic carboxylic acids is 1. The predicted octanol–water partition coefficient (Wildman–Crippen LogP) is 5.63. The van der Waals surface area contributed by atoms with Crippen LogP contribution in [-0.2, 0) is 13.2 Å². The van der Waals surface area contributed by atoms with Crippen LogP contribution in [0.2, 0.25) is 0 Å². The number of benzene rings is 3. The van der Waals surface area contributed by atoms with Crippen LogP contribution in [0.15, 0.2) is 65.5 Å². The molecule has 0 radical (unpaired) electrons. The van der Waals surface area contributed by atoms with E-state index in [-0.39, 0.29) is 33.5 Å². The Hall–Kier alpha value is -4.21. The van der Waals surface area contributed by atoms with Gasteiger partial charge in [0.1, 0.15) is 11.6 Å². The molecular weight excluding hydrogens is 466 g/mol. The Labute approximate surface area is 196 Å². The molecule has 10 heteroatoms. The Bertz CT molecular complexity index is 1500. The van der Waals surface area contributed by atoms with E-state index >= 15 is 0 Å². The minimum Gasteiger partial charge on any atom is -0.478 e. The molecule has 0 aliphatic rings. The van der Waals surface area contributed by atoms with E-state index in [1.54, 1.807) is 30.3 Å². The first-order valence-electron chi connectivity index (χ1n) is 10.4. The average molecular weight is 485 g/mol. The molecule has 2 N–H and O–H groups in total. The summed E-state index contributed by atoms with van der Waals surface area (Å²) in [7, 11) is 1.43. The lowest BCUT2D eigenvalue weighted by Gasteiger charge is -2.21. The molecule has 0 spiro atoms. The highest BCUT2D eigenvalue weighted by molar-refractivity contribution is 5.94. The molecule has 6 nitrogen and oxygen atoms in total. The molecule has 0 amide bonds. The summed E-state index contributed by atoms with van der Waals surface area (Å²) < 4.78 is 55.9. The van der Waals surface area contributed by atoms with Crippen LogP contribution in [0.1, 0.15) is 34.5 Å². The molecule has 1 heterocycles. The number of aromatic nitrogens is 2. The summed E-state index contributed by atoms with van der Waals surface area (Å²) in [5.74, 6) is -1.93. The van der Waals surface area contributed by atoms with Crippen LogP contribution in [0, 0.1) is 5.82 Å². The second-order valence-electron chi connectivity index (χ2n) is 7.99. The second-order valence-corrected chi connectivity index (χ2v) is 7.99. The van der Waals surface area contributed by atoms with E-state index in [0.717, 1.165) is 24.3 Å². The smallest absolute Gasteiger partial charge is 0.416 e. The number of rotatable bonds is 5. The maximum Gasteiger partial charge on any atom is 0.416 e. The predicted molar refractivity (Wildman–Crippen MR) is 123 cm³/mol. The van der Waals surface area contributed by atoms with Gasteiger partial charge in [0.05, 0.1) is 28.1 Å². The van der Waals surface area contributed by atoms with Gasteiger partial charge in [0.25, 0.3) is 5.56 Å². The van der Waals surface area contributed by atoms with Gasteiger partial charge in [-0.2, -0.15) is 13.2 Å². The fourth-order valence-corrected chi connectivity index (χ4v) is 3.87. The molecule has 0 saturated carbocycles. The number of carboxylic acids is 1. The largest absolute Gasteiger partial charge is 0.478 e. The van der Waals surface area contributed by atoms with Gasteiger partial charge in [0, 0.05) is 23.9 Å². The van der Waals surface area contributed by atoms with Crippen LogP contribution in [-0.4, -0.2) is 20.6 Å². The monoisotopic (exact) mass is 485 g/mol. The Kier molecular flexibility index (Phi) is 6.06. The first kappa shape index (κ1) is 23.9. The van der Waals surface area contributed by atoms with Crippen molar-refractivity contribution in [3.05, 3.63) is 93.5 Å². The highest BCUT2D eigenvalue weighted by atomic mass is 19.4. The van der Waals surface area contributed by atoms with Gasteiger partial charge in [-0.3, -0.25) is 9.36 Å². The lowest BCUT2D eigenvalue weighted by Crippen LogP contribution is -2.23. The molecule has 0 fully saturated rings. The van der Waals surface area contributed by atoms with Gasteiger partial charge < -0.3 is 10.4 Å². The third-order valence-corrected chi connectivity index (χ3v) is 5.62. The van der Waals surface area contributed by atoms with E-state index in [4.69, 9.17) is 0 Å². The summed E-state index contributed by atoms with van der Waals surface area (Å²) in [4.78, 5) is 29.2. The van der Waals surface area contributed by atoms with Crippen molar-refractivity contribution in [2.24, 2.45) is 7.05 Å². The first-order chi connectivity index (χ1) is 16.5. The van der Waals surface area contributed by atoms with E-state index in [9.17, 15) is 32.3 Å². The normalized spacial score (nSPS) is 12.5. The lowest BCUT2D eigenvalue weighted by atomic mass is 9.99. The van der Waals surface area contributed by atoms with Crippen LogP contribution >= 0.6 is 0 Å². The number of alkyl halides is 3. The van der Waals surface area contributed by atoms with E-state index in [2.05, 4.69) is 10.3 Å². The molecule has 0 unspecified atom stereocenters. The molecule has 4 rings (SSSR count). The maximum absolute atomic E-state index is 13.7. The maximum atomic E-state index is 13.7. The van der Waals surface area contributed by atoms with Crippen molar-refractivity contribution in [2.45, 2.75) is 19.1 Å². The third-order valence-electron chi connectivity index (χ3n) is 5.62. The van der Waals surface area contributed by atoms with E-state index in [1.807, 2.05) is 0 Å². The summed E-state index contributed by atoms with van der Waals surface area (Å²) >= 11 is 0. The second kappa shape index (κ2) is 8.86. The first-order valence-corrected chi connectivity index (χ1v) is 10.4. The topological polar surface area (TPSA) is 84.2 Å². The molecule has 3 aromatic carbocycles. The van der Waals surface area contributed by atoms with Crippen molar-refractivity contribution in [2.75, 3.05) is 5.32 Å². The number of carboxylic acid groups (broad SMARTS) is 1. The minimum atomic E-state index is -4.74. The van der Waals surface area contributed by atoms with E-state index in [1.165, 1.54) is 24.6 Å². The Balaban J connectivity index is 1.96. The van der Waals surface area contributed by atoms with Gasteiger partial charge in [0.15, 0.2) is 0 Å². The van der Waals surface area contributed by atoms with Crippen LogP contribution in [0.4, 0.5) is 23.2 Å². The van der Waals surface area contributed by atoms with Crippen molar-refractivity contribution < 1.29 is 27.5 Å². The van der Waals surface area contributed by atoms with Crippen molar-refractivity contribution in [3.63, 3.8) is 0 Å². The fraction of sp³-hybridized carbons (Fsp3) is 0.160. The van der Waals surface area contributed by atoms with Crippen molar-refractivity contribution in [3.8, 4) is 11.4 Å². The van der Waals surface area contributed by atoms with Gasteiger partial charge in [0.2, 0.25) is 0 Å². The average Bonchev–Trinajstić information content (AvgIpc) is 2.81. The standard InChI is InChI=1S/C25H19F4N3O3/c1-13(30-20-9-8-16(26)12-18(20)24(34)35)17-10-15(25(27,28)29)11-19-21(17)31-22(32(2)23(19)33)14-6-4-3-5-7-14/h3-13,30H,1-2H3,(H,34,35)/t13-/m1/s1. The van der Waals surface area contributed by atoms with Crippen LogP contribution in [0.5, 0.6) is 0 Å². The van der Waals surface area contributed by atoms with Gasteiger partial charge in [-0.25, -0.2) is 14.2 Å². The number of halogens is 4. The Morgan fingerprint density at radius 3 is 2.40 bits per heavy atom. The van der Waals surface area contributed by atoms with Crippen LogP contribution in [0.3, 0.4) is 0 Å². The molecule has 4 aromatic rings. The molecular formula is C25H19F4N3O3. The highest BCUT2D eigenvalue weighted by Gasteiger charge is 2.33. The summed E-state index contributed by atoms with van der Waals surface area (Å²) in [6.07, 6.45) is -4.74. The summed E-state index contributed by atoms with van der Waals surface area (Å²) in [6.45, 7) is 1.51. The summed E-state index contributed by atoms with van der Waals surface area (Å²) in [6, 6.07) is 12.4. The number of carbonyl (C=O) groups is 1. The summed E-state index contributed by atoms with van der Waals surface area (Å²) in [5, 5.41) is 12.0. The molecule has 180 valence electrons. The molecule has 1 atom stereocenters. The number of hydrogen-bond acceptors (Lipinski definition) is 4. The summed E-state index contributed by atoms with van der Waals surface area (Å²) in [5.41, 5.74) is -1.43. The quantitative estimate of drug-likeness (QED) is 0.358. The van der Waals surface area contributed by atoms with Gasteiger partial charge in [-0.05, 0) is 37.3 Å². The number of anilines is 1. The number of hydrogen-bond donors (Lipinski definition) is 2. The van der Waals surface area contributed by atoms with Crippen molar-refractivity contribution in [1.29, 1.82) is 0 Å². The minimum absolute atomic E-state index is 0.00378. The van der Waals surface area contributed by atoms with Gasteiger partial charge in [-0.1, -0.05) is 30.3 Å². The molecule has 0 aliphatic heterocycles. The number of nitrogens with one attached hydrogen (secondary N) is 1. The van der Waals surface area contributed by atoms with Crippen LogP contribution in [0.25, 0.3) is 22.3 Å². The number of nitrogens with zero attached hydrogens (tertiary/aromatic N) is 2.